The van der Waals surface area contributed by atoms with Gasteiger partial charge in [-0.1, -0.05) is 24.3 Å². The molecule has 0 radical (unpaired) electrons. The van der Waals surface area contributed by atoms with Gasteiger partial charge in [0, 0.05) is 0 Å². The molecule has 0 saturated carbocycles. The molecule has 2 rings (SSSR count). The molecule has 0 aromatic heterocycles. The lowest BCUT2D eigenvalue weighted by atomic mass is 10.0. The van der Waals surface area contributed by atoms with Gasteiger partial charge in [0.2, 0.25) is 0 Å². The lowest BCUT2D eigenvalue weighted by Gasteiger charge is -2.05. The predicted octanol–water partition coefficient (Wildman–Crippen LogP) is 3.30. The molecule has 0 N–H and O–H groups in total. The highest BCUT2D eigenvalue weighted by molar-refractivity contribution is 7.99. The highest BCUT2D eigenvalue weighted by Crippen LogP contribution is 2.18. The van der Waals surface area contributed by atoms with E-state index in [1.165, 1.54) is 37.2 Å². The molecule has 70 valence electrons. The SMILES string of the molecule is c1ccc2c(c1)CCCCSCC2. The average molecular weight is 192 g/mol. The number of fused-ring (bicyclic) bond motifs is 1. The van der Waals surface area contributed by atoms with Crippen molar-refractivity contribution in [2.45, 2.75) is 25.7 Å². The minimum absolute atomic E-state index is 1.26. The summed E-state index contributed by atoms with van der Waals surface area (Å²) >= 11 is 2.11. The summed E-state index contributed by atoms with van der Waals surface area (Å²) in [5.41, 5.74) is 3.17. The number of thioether (sulfide) groups is 1. The molecule has 1 aromatic carbocycles. The Bertz CT molecular complexity index is 241. The van der Waals surface area contributed by atoms with Crippen LogP contribution >= 0.6 is 11.8 Å². The van der Waals surface area contributed by atoms with Crippen LogP contribution in [-0.4, -0.2) is 11.5 Å². The summed E-state index contributed by atoms with van der Waals surface area (Å²) < 4.78 is 0. The molecule has 0 aliphatic carbocycles. The normalized spacial score (nSPS) is 18.2. The molecule has 0 spiro atoms. The number of hydrogen-bond acceptors (Lipinski definition) is 1. The highest BCUT2D eigenvalue weighted by Gasteiger charge is 2.04. The molecule has 0 atom stereocenters. The topological polar surface area (TPSA) is 0 Å². The van der Waals surface area contributed by atoms with Gasteiger partial charge in [0.25, 0.3) is 0 Å². The summed E-state index contributed by atoms with van der Waals surface area (Å²) in [6, 6.07) is 8.93. The summed E-state index contributed by atoms with van der Waals surface area (Å²) in [5.74, 6) is 2.66. The number of aryl methyl sites for hydroxylation is 2. The first-order valence-electron chi connectivity index (χ1n) is 5.11. The second-order valence-electron chi connectivity index (χ2n) is 3.59. The quantitative estimate of drug-likeness (QED) is 0.608. The lowest BCUT2D eigenvalue weighted by Crippen LogP contribution is -1.94. The number of rotatable bonds is 0. The van der Waals surface area contributed by atoms with Gasteiger partial charge in [-0.25, -0.2) is 0 Å². The van der Waals surface area contributed by atoms with Crippen molar-refractivity contribution < 1.29 is 0 Å². The molecule has 0 fully saturated rings. The largest absolute Gasteiger partial charge is 0.162 e. The van der Waals surface area contributed by atoms with Gasteiger partial charge in [0.15, 0.2) is 0 Å². The smallest absolute Gasteiger partial charge is 0.00269 e. The molecule has 1 aliphatic rings. The summed E-state index contributed by atoms with van der Waals surface area (Å²) in [4.78, 5) is 0. The van der Waals surface area contributed by atoms with Crippen LogP contribution in [0.15, 0.2) is 24.3 Å². The first-order valence-corrected chi connectivity index (χ1v) is 6.27. The van der Waals surface area contributed by atoms with E-state index in [-0.39, 0.29) is 0 Å². The minimum Gasteiger partial charge on any atom is -0.162 e. The third kappa shape index (κ3) is 2.50. The second kappa shape index (κ2) is 4.71. The zero-order valence-electron chi connectivity index (χ0n) is 7.96. The minimum atomic E-state index is 1.26. The summed E-state index contributed by atoms with van der Waals surface area (Å²) in [7, 11) is 0. The Morgan fingerprint density at radius 3 is 2.46 bits per heavy atom. The van der Waals surface area contributed by atoms with Crippen molar-refractivity contribution in [3.05, 3.63) is 35.4 Å². The summed E-state index contributed by atoms with van der Waals surface area (Å²) in [6.07, 6.45) is 5.31. The van der Waals surface area contributed by atoms with Crippen LogP contribution in [0, 0.1) is 0 Å². The zero-order chi connectivity index (χ0) is 8.93. The van der Waals surface area contributed by atoms with Crippen molar-refractivity contribution in [1.29, 1.82) is 0 Å². The van der Waals surface area contributed by atoms with Crippen LogP contribution < -0.4 is 0 Å². The van der Waals surface area contributed by atoms with E-state index in [2.05, 4.69) is 36.0 Å². The van der Waals surface area contributed by atoms with E-state index in [0.29, 0.717) is 0 Å². The van der Waals surface area contributed by atoms with Crippen molar-refractivity contribution in [1.82, 2.24) is 0 Å². The van der Waals surface area contributed by atoms with E-state index in [9.17, 15) is 0 Å². The average Bonchev–Trinajstić information content (AvgIpc) is 2.28. The van der Waals surface area contributed by atoms with Crippen LogP contribution in [0.25, 0.3) is 0 Å². The van der Waals surface area contributed by atoms with Gasteiger partial charge in [-0.05, 0) is 48.3 Å². The fraction of sp³-hybridized carbons (Fsp3) is 0.500. The van der Waals surface area contributed by atoms with Crippen LogP contribution in [0.1, 0.15) is 24.0 Å². The molecule has 1 aliphatic heterocycles. The first kappa shape index (κ1) is 9.14. The molecular weight excluding hydrogens is 176 g/mol. The Kier molecular flexibility index (Phi) is 3.31. The van der Waals surface area contributed by atoms with Gasteiger partial charge in [-0.2, -0.15) is 11.8 Å². The Hall–Kier alpha value is -0.430. The van der Waals surface area contributed by atoms with Gasteiger partial charge in [-0.3, -0.25) is 0 Å². The molecule has 0 unspecified atom stereocenters. The molecule has 0 amide bonds. The van der Waals surface area contributed by atoms with Gasteiger partial charge in [-0.15, -0.1) is 0 Å². The molecular formula is C12H16S. The molecule has 0 bridgehead atoms. The molecule has 0 nitrogen and oxygen atoms in total. The molecule has 0 saturated heterocycles. The van der Waals surface area contributed by atoms with E-state index < -0.39 is 0 Å². The monoisotopic (exact) mass is 192 g/mol. The first-order chi connectivity index (χ1) is 6.47. The van der Waals surface area contributed by atoms with Crippen LogP contribution in [0.4, 0.5) is 0 Å². The Morgan fingerprint density at radius 2 is 1.62 bits per heavy atom. The maximum Gasteiger partial charge on any atom is -0.00269 e. The van der Waals surface area contributed by atoms with Crippen LogP contribution in [0.2, 0.25) is 0 Å². The lowest BCUT2D eigenvalue weighted by molar-refractivity contribution is 0.799. The van der Waals surface area contributed by atoms with Crippen molar-refractivity contribution in [3.63, 3.8) is 0 Å². The van der Waals surface area contributed by atoms with Gasteiger partial charge in [0.1, 0.15) is 0 Å². The standard InChI is InChI=1S/C12H16S/c1-2-6-12-8-10-13-9-4-3-7-11(12)5-1/h1-2,5-6H,3-4,7-10H2. The Balaban J connectivity index is 2.17. The fourth-order valence-corrected chi connectivity index (χ4v) is 2.83. The zero-order valence-corrected chi connectivity index (χ0v) is 8.78. The van der Waals surface area contributed by atoms with Gasteiger partial charge >= 0.3 is 0 Å². The van der Waals surface area contributed by atoms with E-state index in [1.807, 2.05) is 0 Å². The van der Waals surface area contributed by atoms with Crippen molar-refractivity contribution in [3.8, 4) is 0 Å². The van der Waals surface area contributed by atoms with Gasteiger partial charge < -0.3 is 0 Å². The third-order valence-corrected chi connectivity index (χ3v) is 3.69. The van der Waals surface area contributed by atoms with Crippen LogP contribution in [0.3, 0.4) is 0 Å². The molecule has 1 heteroatoms. The van der Waals surface area contributed by atoms with Crippen molar-refractivity contribution in [2.24, 2.45) is 0 Å². The maximum absolute atomic E-state index is 2.30. The summed E-state index contributed by atoms with van der Waals surface area (Å²) in [6.45, 7) is 0. The van der Waals surface area contributed by atoms with E-state index in [0.717, 1.165) is 0 Å². The highest BCUT2D eigenvalue weighted by atomic mass is 32.2. The molecule has 1 aromatic rings. The van der Waals surface area contributed by atoms with E-state index in [4.69, 9.17) is 0 Å². The maximum atomic E-state index is 2.30. The number of benzene rings is 1. The Labute approximate surface area is 84.7 Å². The predicted molar refractivity (Wildman–Crippen MR) is 60.4 cm³/mol. The van der Waals surface area contributed by atoms with Crippen molar-refractivity contribution in [2.75, 3.05) is 11.5 Å². The van der Waals surface area contributed by atoms with Crippen LogP contribution in [0.5, 0.6) is 0 Å². The molecule has 1 heterocycles. The van der Waals surface area contributed by atoms with E-state index in [1.54, 1.807) is 11.1 Å². The summed E-state index contributed by atoms with van der Waals surface area (Å²) in [5, 5.41) is 0. The van der Waals surface area contributed by atoms with Crippen LogP contribution in [-0.2, 0) is 12.8 Å². The Morgan fingerprint density at radius 1 is 0.846 bits per heavy atom. The third-order valence-electron chi connectivity index (χ3n) is 2.62. The number of hydrogen-bond donors (Lipinski definition) is 0. The fourth-order valence-electron chi connectivity index (χ4n) is 1.85. The van der Waals surface area contributed by atoms with Gasteiger partial charge in [0.05, 0.1) is 0 Å². The van der Waals surface area contributed by atoms with Crippen molar-refractivity contribution >= 4 is 11.8 Å². The van der Waals surface area contributed by atoms with E-state index >= 15 is 0 Å². The molecule has 13 heavy (non-hydrogen) atoms. The second-order valence-corrected chi connectivity index (χ2v) is 4.81.